The van der Waals surface area contributed by atoms with Gasteiger partial charge in [0.2, 0.25) is 5.91 Å². The number of hydrogen-bond donors (Lipinski definition) is 1. The molecular weight excluding hydrogens is 186 g/mol. The predicted molar refractivity (Wildman–Crippen MR) is 63.2 cm³/mol. The van der Waals surface area contributed by atoms with E-state index in [-0.39, 0.29) is 11.8 Å². The van der Waals surface area contributed by atoms with Crippen molar-refractivity contribution in [1.82, 2.24) is 5.32 Å². The van der Waals surface area contributed by atoms with Crippen molar-refractivity contribution in [2.75, 3.05) is 0 Å². The summed E-state index contributed by atoms with van der Waals surface area (Å²) in [6.45, 7) is 9.99. The third kappa shape index (κ3) is 3.37. The molecule has 1 amide bonds. The molecular formula is C13H23NO. The molecule has 0 aromatic heterocycles. The zero-order valence-corrected chi connectivity index (χ0v) is 10.2. The van der Waals surface area contributed by atoms with E-state index in [1.807, 2.05) is 6.92 Å². The van der Waals surface area contributed by atoms with E-state index in [1.54, 1.807) is 0 Å². The van der Waals surface area contributed by atoms with Crippen LogP contribution in [0.25, 0.3) is 0 Å². The SMILES string of the molecule is C=C(C)NC(=O)[C@@H]1C[C@H](C)CC[C@H]1CC. The van der Waals surface area contributed by atoms with E-state index in [9.17, 15) is 4.79 Å². The van der Waals surface area contributed by atoms with E-state index in [4.69, 9.17) is 0 Å². The second-order valence-electron chi connectivity index (χ2n) is 4.96. The Balaban J connectivity index is 2.62. The molecule has 1 aliphatic carbocycles. The van der Waals surface area contributed by atoms with Crippen LogP contribution in [0, 0.1) is 17.8 Å². The fourth-order valence-corrected chi connectivity index (χ4v) is 2.56. The number of allylic oxidation sites excluding steroid dienone is 1. The largest absolute Gasteiger partial charge is 0.330 e. The molecule has 0 aromatic rings. The first-order valence-electron chi connectivity index (χ1n) is 6.01. The second kappa shape index (κ2) is 5.34. The Morgan fingerprint density at radius 1 is 1.47 bits per heavy atom. The third-order valence-corrected chi connectivity index (χ3v) is 3.45. The topological polar surface area (TPSA) is 29.1 Å². The van der Waals surface area contributed by atoms with Crippen LogP contribution in [-0.4, -0.2) is 5.91 Å². The summed E-state index contributed by atoms with van der Waals surface area (Å²) in [5, 5.41) is 2.86. The zero-order valence-electron chi connectivity index (χ0n) is 10.2. The Morgan fingerprint density at radius 2 is 2.13 bits per heavy atom. The summed E-state index contributed by atoms with van der Waals surface area (Å²) in [6, 6.07) is 0. The summed E-state index contributed by atoms with van der Waals surface area (Å²) in [6.07, 6.45) is 4.62. The fourth-order valence-electron chi connectivity index (χ4n) is 2.56. The van der Waals surface area contributed by atoms with Gasteiger partial charge < -0.3 is 5.32 Å². The van der Waals surface area contributed by atoms with Crippen LogP contribution in [0.4, 0.5) is 0 Å². The Bertz CT molecular complexity index is 247. The molecule has 1 rings (SSSR count). The lowest BCUT2D eigenvalue weighted by molar-refractivity contribution is -0.127. The van der Waals surface area contributed by atoms with Crippen LogP contribution in [0.5, 0.6) is 0 Å². The molecule has 15 heavy (non-hydrogen) atoms. The molecule has 2 nitrogen and oxygen atoms in total. The van der Waals surface area contributed by atoms with Gasteiger partial charge in [-0.25, -0.2) is 0 Å². The molecule has 1 fully saturated rings. The highest BCUT2D eigenvalue weighted by atomic mass is 16.1. The molecule has 0 saturated heterocycles. The molecule has 2 heteroatoms. The van der Waals surface area contributed by atoms with Crippen LogP contribution in [0.15, 0.2) is 12.3 Å². The van der Waals surface area contributed by atoms with Crippen LogP contribution in [-0.2, 0) is 4.79 Å². The lowest BCUT2D eigenvalue weighted by Gasteiger charge is -2.33. The Labute approximate surface area is 93.1 Å². The fraction of sp³-hybridized carbons (Fsp3) is 0.769. The van der Waals surface area contributed by atoms with E-state index in [0.717, 1.165) is 18.5 Å². The summed E-state index contributed by atoms with van der Waals surface area (Å²) in [4.78, 5) is 12.0. The molecule has 0 unspecified atom stereocenters. The van der Waals surface area contributed by atoms with E-state index < -0.39 is 0 Å². The van der Waals surface area contributed by atoms with Crippen molar-refractivity contribution < 1.29 is 4.79 Å². The minimum Gasteiger partial charge on any atom is -0.330 e. The molecule has 1 saturated carbocycles. The number of rotatable bonds is 3. The quantitative estimate of drug-likeness (QED) is 0.760. The van der Waals surface area contributed by atoms with Crippen molar-refractivity contribution in [3.8, 4) is 0 Å². The van der Waals surface area contributed by atoms with Gasteiger partial charge in [0.25, 0.3) is 0 Å². The highest BCUT2D eigenvalue weighted by Gasteiger charge is 2.32. The molecule has 1 aliphatic rings. The summed E-state index contributed by atoms with van der Waals surface area (Å²) >= 11 is 0. The normalized spacial score (nSPS) is 31.0. The van der Waals surface area contributed by atoms with Gasteiger partial charge in [-0.2, -0.15) is 0 Å². The average Bonchev–Trinajstić information content (AvgIpc) is 2.16. The van der Waals surface area contributed by atoms with Crippen molar-refractivity contribution >= 4 is 5.91 Å². The van der Waals surface area contributed by atoms with Gasteiger partial charge in [-0.05, 0) is 31.6 Å². The number of carbonyl (C=O) groups is 1. The maximum absolute atomic E-state index is 12.0. The number of carbonyl (C=O) groups excluding carboxylic acids is 1. The first-order valence-corrected chi connectivity index (χ1v) is 6.01. The molecule has 1 N–H and O–H groups in total. The predicted octanol–water partition coefficient (Wildman–Crippen LogP) is 3.10. The van der Waals surface area contributed by atoms with Crippen LogP contribution in [0.2, 0.25) is 0 Å². The average molecular weight is 209 g/mol. The summed E-state index contributed by atoms with van der Waals surface area (Å²) < 4.78 is 0. The Morgan fingerprint density at radius 3 is 2.67 bits per heavy atom. The van der Waals surface area contributed by atoms with Gasteiger partial charge in [-0.1, -0.05) is 33.3 Å². The van der Waals surface area contributed by atoms with Crippen molar-refractivity contribution in [3.63, 3.8) is 0 Å². The van der Waals surface area contributed by atoms with Crippen molar-refractivity contribution in [2.45, 2.75) is 46.5 Å². The Hall–Kier alpha value is -0.790. The van der Waals surface area contributed by atoms with Crippen LogP contribution >= 0.6 is 0 Å². The lowest BCUT2D eigenvalue weighted by Crippen LogP contribution is -2.37. The molecule has 0 radical (unpaired) electrons. The minimum atomic E-state index is 0.181. The molecule has 0 aliphatic heterocycles. The summed E-state index contributed by atoms with van der Waals surface area (Å²) in [5.41, 5.74) is 0.757. The van der Waals surface area contributed by atoms with Crippen molar-refractivity contribution in [1.29, 1.82) is 0 Å². The first-order chi connectivity index (χ1) is 7.04. The van der Waals surface area contributed by atoms with E-state index in [0.29, 0.717) is 11.8 Å². The van der Waals surface area contributed by atoms with E-state index in [2.05, 4.69) is 25.7 Å². The van der Waals surface area contributed by atoms with Crippen LogP contribution in [0.3, 0.4) is 0 Å². The minimum absolute atomic E-state index is 0.181. The maximum Gasteiger partial charge on any atom is 0.227 e. The molecule has 0 spiro atoms. The van der Waals surface area contributed by atoms with Gasteiger partial charge >= 0.3 is 0 Å². The van der Waals surface area contributed by atoms with Gasteiger partial charge in [0.05, 0.1) is 0 Å². The molecule has 0 heterocycles. The van der Waals surface area contributed by atoms with Gasteiger partial charge in [0.15, 0.2) is 0 Å². The molecule has 3 atom stereocenters. The van der Waals surface area contributed by atoms with Crippen LogP contribution in [0.1, 0.15) is 46.5 Å². The van der Waals surface area contributed by atoms with Gasteiger partial charge in [-0.3, -0.25) is 4.79 Å². The third-order valence-electron chi connectivity index (χ3n) is 3.45. The van der Waals surface area contributed by atoms with Gasteiger partial charge in [0.1, 0.15) is 0 Å². The number of amides is 1. The lowest BCUT2D eigenvalue weighted by atomic mass is 9.73. The van der Waals surface area contributed by atoms with Gasteiger partial charge in [-0.15, -0.1) is 0 Å². The smallest absolute Gasteiger partial charge is 0.227 e. The highest BCUT2D eigenvalue weighted by molar-refractivity contribution is 5.80. The molecule has 0 aromatic carbocycles. The standard InChI is InChI=1S/C13H23NO/c1-5-11-7-6-10(4)8-12(11)13(15)14-9(2)3/h10-12H,2,5-8H2,1,3-4H3,(H,14,15)/t10-,11-,12-/m1/s1. The Kier molecular flexibility index (Phi) is 4.37. The van der Waals surface area contributed by atoms with E-state index in [1.165, 1.54) is 12.8 Å². The van der Waals surface area contributed by atoms with E-state index >= 15 is 0 Å². The highest BCUT2D eigenvalue weighted by Crippen LogP contribution is 2.35. The van der Waals surface area contributed by atoms with Crippen molar-refractivity contribution in [3.05, 3.63) is 12.3 Å². The summed E-state index contributed by atoms with van der Waals surface area (Å²) in [7, 11) is 0. The monoisotopic (exact) mass is 209 g/mol. The zero-order chi connectivity index (χ0) is 11.4. The number of hydrogen-bond acceptors (Lipinski definition) is 1. The number of nitrogens with one attached hydrogen (secondary N) is 1. The first kappa shape index (κ1) is 12.3. The second-order valence-corrected chi connectivity index (χ2v) is 4.96. The van der Waals surface area contributed by atoms with Crippen molar-refractivity contribution in [2.24, 2.45) is 17.8 Å². The summed E-state index contributed by atoms with van der Waals surface area (Å²) in [5.74, 6) is 1.64. The molecule has 86 valence electrons. The van der Waals surface area contributed by atoms with Gasteiger partial charge in [0, 0.05) is 11.6 Å². The maximum atomic E-state index is 12.0. The molecule has 0 bridgehead atoms. The van der Waals surface area contributed by atoms with Crippen LogP contribution < -0.4 is 5.32 Å².